The third-order valence-corrected chi connectivity index (χ3v) is 9.61. The molecule has 0 aromatic heterocycles. The van der Waals surface area contributed by atoms with Crippen molar-refractivity contribution in [1.82, 2.24) is 0 Å². The lowest BCUT2D eigenvalue weighted by Crippen LogP contribution is -3.00. The van der Waals surface area contributed by atoms with E-state index in [0.29, 0.717) is 5.56 Å². The molecular weight excluding hydrogens is 471 g/mol. The largest absolute Gasteiger partial charge is 1.00 e. The lowest BCUT2D eigenvalue weighted by atomic mass is 10.2. The minimum Gasteiger partial charge on any atom is -1.00 e. The Bertz CT molecular complexity index is 1060. The lowest BCUT2D eigenvalue weighted by Gasteiger charge is -2.28. The van der Waals surface area contributed by atoms with Gasteiger partial charge in [-0.1, -0.05) is 78.9 Å². The Morgan fingerprint density at radius 1 is 0.645 bits per heavy atom. The number of aromatic carboxylic acids is 1. The first-order valence-corrected chi connectivity index (χ1v) is 11.6. The van der Waals surface area contributed by atoms with Gasteiger partial charge in [-0.05, 0) is 42.0 Å². The lowest BCUT2D eigenvalue weighted by molar-refractivity contribution is -0.0000223. The average Bonchev–Trinajstić information content (AvgIpc) is 2.79. The van der Waals surface area contributed by atoms with Gasteiger partial charge in [0.15, 0.2) is 0 Å². The summed E-state index contributed by atoms with van der Waals surface area (Å²) in [5.41, 5.74) is 1.58. The number of rotatable bonds is 6. The second-order valence-corrected chi connectivity index (χ2v) is 10.4. The predicted octanol–water partition coefficient (Wildman–Crippen LogP) is 1.06. The van der Waals surface area contributed by atoms with Crippen molar-refractivity contribution in [3.63, 3.8) is 0 Å². The molecule has 158 valence electrons. The van der Waals surface area contributed by atoms with Gasteiger partial charge in [-0.25, -0.2) is 4.79 Å². The fourth-order valence-corrected chi connectivity index (χ4v) is 8.34. The van der Waals surface area contributed by atoms with E-state index in [1.807, 2.05) is 66.7 Å². The molecule has 3 nitrogen and oxygen atoms in total. The molecular formula is C26H24BrO3P. The summed E-state index contributed by atoms with van der Waals surface area (Å²) in [6.07, 6.45) is 0.770. The summed E-state index contributed by atoms with van der Waals surface area (Å²) in [4.78, 5) is 12.2. The maximum Gasteiger partial charge on any atom is 0.339 e. The maximum absolute atomic E-state index is 12.2. The zero-order valence-electron chi connectivity index (χ0n) is 16.9. The molecule has 0 atom stereocenters. The summed E-state index contributed by atoms with van der Waals surface area (Å²) in [6.45, 7) is 0. The van der Waals surface area contributed by atoms with Crippen LogP contribution in [0.1, 0.15) is 15.9 Å². The normalized spacial score (nSPS) is 10.5. The fourth-order valence-electron chi connectivity index (χ4n) is 3.90. The van der Waals surface area contributed by atoms with Gasteiger partial charge in [-0.3, -0.25) is 0 Å². The summed E-state index contributed by atoms with van der Waals surface area (Å²) < 4.78 is 0. The topological polar surface area (TPSA) is 68.8 Å². The molecule has 3 N–H and O–H groups in total. The zero-order chi connectivity index (χ0) is 20.1. The molecule has 0 saturated carbocycles. The summed E-state index contributed by atoms with van der Waals surface area (Å²) in [5.74, 6) is -0.884. The Kier molecular flexibility index (Phi) is 8.70. The van der Waals surface area contributed by atoms with Gasteiger partial charge in [-0.15, -0.1) is 0 Å². The van der Waals surface area contributed by atoms with Crippen LogP contribution in [-0.4, -0.2) is 16.6 Å². The van der Waals surface area contributed by atoms with Crippen LogP contribution in [0.25, 0.3) is 0 Å². The highest BCUT2D eigenvalue weighted by molar-refractivity contribution is 7.95. The number of carboxylic acid groups (broad SMARTS) is 1. The molecule has 0 spiro atoms. The van der Waals surface area contributed by atoms with Gasteiger partial charge < -0.3 is 27.6 Å². The summed E-state index contributed by atoms with van der Waals surface area (Å²) in [6, 6.07) is 38.6. The van der Waals surface area contributed by atoms with Crippen molar-refractivity contribution in [3.8, 4) is 0 Å². The third kappa shape index (κ3) is 4.94. The van der Waals surface area contributed by atoms with Crippen LogP contribution in [0.4, 0.5) is 0 Å². The van der Waals surface area contributed by atoms with E-state index in [1.54, 1.807) is 12.1 Å². The number of halogens is 1. The van der Waals surface area contributed by atoms with Gasteiger partial charge in [-0.2, -0.15) is 0 Å². The number of hydrogen-bond acceptors (Lipinski definition) is 1. The Morgan fingerprint density at radius 2 is 1.06 bits per heavy atom. The maximum atomic E-state index is 12.2. The molecule has 0 saturated heterocycles. The molecule has 0 aliphatic carbocycles. The van der Waals surface area contributed by atoms with Crippen molar-refractivity contribution in [1.29, 1.82) is 0 Å². The van der Waals surface area contributed by atoms with Crippen LogP contribution in [0.5, 0.6) is 0 Å². The van der Waals surface area contributed by atoms with Crippen LogP contribution in [0.15, 0.2) is 115 Å². The van der Waals surface area contributed by atoms with Crippen molar-refractivity contribution < 1.29 is 32.4 Å². The molecule has 31 heavy (non-hydrogen) atoms. The average molecular weight is 495 g/mol. The molecule has 0 amide bonds. The van der Waals surface area contributed by atoms with E-state index in [9.17, 15) is 9.90 Å². The number of carbonyl (C=O) groups is 1. The van der Waals surface area contributed by atoms with Crippen LogP contribution in [0.3, 0.4) is 0 Å². The number of carboxylic acids is 1. The highest BCUT2D eigenvalue weighted by Gasteiger charge is 2.47. The Hall–Kier alpha value is -2.78. The van der Waals surface area contributed by atoms with Gasteiger partial charge in [0.2, 0.25) is 0 Å². The van der Waals surface area contributed by atoms with Gasteiger partial charge in [0.25, 0.3) is 0 Å². The van der Waals surface area contributed by atoms with E-state index in [4.69, 9.17) is 0 Å². The van der Waals surface area contributed by atoms with Gasteiger partial charge in [0.1, 0.15) is 28.7 Å². The first kappa shape index (κ1) is 24.5. The SMILES string of the molecule is O.O=C(O)c1ccccc1[P+](Cc1ccccc1)(c1ccccc1)c1ccccc1.[Br-]. The predicted molar refractivity (Wildman–Crippen MR) is 126 cm³/mol. The first-order valence-electron chi connectivity index (χ1n) is 9.58. The quantitative estimate of drug-likeness (QED) is 0.407. The highest BCUT2D eigenvalue weighted by Crippen LogP contribution is 2.58. The minimum absolute atomic E-state index is 0. The third-order valence-electron chi connectivity index (χ3n) is 5.20. The molecule has 5 heteroatoms. The molecule has 0 bridgehead atoms. The van der Waals surface area contributed by atoms with Crippen molar-refractivity contribution in [3.05, 3.63) is 126 Å². The van der Waals surface area contributed by atoms with Crippen molar-refractivity contribution in [2.24, 2.45) is 0 Å². The van der Waals surface area contributed by atoms with E-state index in [1.165, 1.54) is 16.2 Å². The zero-order valence-corrected chi connectivity index (χ0v) is 19.3. The summed E-state index contributed by atoms with van der Waals surface area (Å²) in [5, 5.41) is 13.3. The van der Waals surface area contributed by atoms with Gasteiger partial charge in [0, 0.05) is 0 Å². The van der Waals surface area contributed by atoms with E-state index >= 15 is 0 Å². The molecule has 0 fully saturated rings. The Labute approximate surface area is 193 Å². The monoisotopic (exact) mass is 494 g/mol. The molecule has 0 radical (unpaired) electrons. The van der Waals surface area contributed by atoms with Gasteiger partial charge >= 0.3 is 5.97 Å². The number of benzene rings is 4. The van der Waals surface area contributed by atoms with E-state index < -0.39 is 13.2 Å². The highest BCUT2D eigenvalue weighted by atomic mass is 79.9. The fraction of sp³-hybridized carbons (Fsp3) is 0.0385. The molecule has 0 heterocycles. The molecule has 0 aliphatic rings. The molecule has 0 unspecified atom stereocenters. The molecule has 4 rings (SSSR count). The van der Waals surface area contributed by atoms with E-state index in [2.05, 4.69) is 36.4 Å². The van der Waals surface area contributed by atoms with Crippen molar-refractivity contribution in [2.75, 3.05) is 0 Å². The number of hydrogen-bond donors (Lipinski definition) is 1. The second-order valence-electron chi connectivity index (χ2n) is 6.95. The smallest absolute Gasteiger partial charge is 0.339 e. The van der Waals surface area contributed by atoms with Gasteiger partial charge in [0.05, 0.1) is 6.16 Å². The molecule has 0 aliphatic heterocycles. The van der Waals surface area contributed by atoms with Crippen molar-refractivity contribution in [2.45, 2.75) is 6.16 Å². The molecule has 4 aromatic carbocycles. The minimum atomic E-state index is -2.25. The van der Waals surface area contributed by atoms with Crippen LogP contribution in [-0.2, 0) is 6.16 Å². The Morgan fingerprint density at radius 3 is 1.55 bits per heavy atom. The first-order chi connectivity index (χ1) is 14.2. The molecule has 4 aromatic rings. The van der Waals surface area contributed by atoms with E-state index in [-0.39, 0.29) is 22.5 Å². The van der Waals surface area contributed by atoms with Crippen molar-refractivity contribution >= 4 is 29.1 Å². The second kappa shape index (κ2) is 11.0. The van der Waals surface area contributed by atoms with Crippen LogP contribution >= 0.6 is 7.26 Å². The Balaban J connectivity index is 0.00000171. The van der Waals surface area contributed by atoms with Crippen LogP contribution in [0, 0.1) is 0 Å². The van der Waals surface area contributed by atoms with E-state index in [0.717, 1.165) is 11.5 Å². The summed E-state index contributed by atoms with van der Waals surface area (Å²) >= 11 is 0. The summed E-state index contributed by atoms with van der Waals surface area (Å²) in [7, 11) is -2.25. The standard InChI is InChI=1S/C26H21O2P.BrH.H2O/c27-26(28)24-18-10-11-19-25(24)29(22-14-6-2-7-15-22,23-16-8-3-9-17-23)20-21-12-4-1-5-13-21;;/h1-19H,20H2;1H;1H2. The van der Waals surface area contributed by atoms with Crippen LogP contribution in [0.2, 0.25) is 0 Å². The van der Waals surface area contributed by atoms with Crippen LogP contribution < -0.4 is 32.9 Å².